The molecular weight excluding hydrogens is 376 g/mol. The quantitative estimate of drug-likeness (QED) is 0.847. The lowest BCUT2D eigenvalue weighted by Crippen LogP contribution is -2.58. The minimum atomic E-state index is -1.01. The summed E-state index contributed by atoms with van der Waals surface area (Å²) in [7, 11) is 0. The summed E-state index contributed by atoms with van der Waals surface area (Å²) in [5.74, 6) is -1.01. The number of ether oxygens (including phenoxy) is 1. The van der Waals surface area contributed by atoms with Gasteiger partial charge in [-0.2, -0.15) is 0 Å². The van der Waals surface area contributed by atoms with E-state index in [0.29, 0.717) is 19.6 Å². The zero-order chi connectivity index (χ0) is 17.9. The zero-order valence-corrected chi connectivity index (χ0v) is 15.7. The van der Waals surface area contributed by atoms with Crippen molar-refractivity contribution in [2.75, 3.05) is 19.6 Å². The fourth-order valence-electron chi connectivity index (χ4n) is 2.58. The Morgan fingerprint density at radius 3 is 2.42 bits per heavy atom. The van der Waals surface area contributed by atoms with Crippen LogP contribution in [-0.4, -0.2) is 58.2 Å². The van der Waals surface area contributed by atoms with Gasteiger partial charge in [0.25, 0.3) is 0 Å². The molecular formula is C17H23BrN2O4. The fourth-order valence-corrected chi connectivity index (χ4v) is 2.85. The third kappa shape index (κ3) is 5.21. The van der Waals surface area contributed by atoms with Crippen LogP contribution < -0.4 is 0 Å². The number of rotatable bonds is 3. The molecule has 0 spiro atoms. The number of hydrogen-bond acceptors (Lipinski definition) is 4. The molecule has 24 heavy (non-hydrogen) atoms. The maximum Gasteiger partial charge on any atom is 0.411 e. The molecule has 0 saturated carbocycles. The summed E-state index contributed by atoms with van der Waals surface area (Å²) in [5.41, 5.74) is 0.461. The van der Waals surface area contributed by atoms with Crippen LogP contribution in [0.3, 0.4) is 0 Å². The Labute approximate surface area is 150 Å². The van der Waals surface area contributed by atoms with Crippen LogP contribution in [-0.2, 0) is 16.1 Å². The predicted octanol–water partition coefficient (Wildman–Crippen LogP) is 2.96. The topological polar surface area (TPSA) is 70.1 Å². The summed E-state index contributed by atoms with van der Waals surface area (Å²) < 4.78 is 6.33. The third-order valence-corrected chi connectivity index (χ3v) is 4.23. The van der Waals surface area contributed by atoms with Crippen molar-refractivity contribution < 1.29 is 19.4 Å². The van der Waals surface area contributed by atoms with E-state index in [1.807, 2.05) is 29.2 Å². The zero-order valence-electron chi connectivity index (χ0n) is 14.2. The lowest BCUT2D eigenvalue weighted by Gasteiger charge is -2.39. The van der Waals surface area contributed by atoms with Gasteiger partial charge in [0, 0.05) is 30.7 Å². The van der Waals surface area contributed by atoms with Crippen molar-refractivity contribution in [3.63, 3.8) is 0 Å². The molecule has 0 aliphatic carbocycles. The second-order valence-corrected chi connectivity index (χ2v) is 7.81. The van der Waals surface area contributed by atoms with E-state index in [1.54, 1.807) is 20.8 Å². The molecule has 1 N–H and O–H groups in total. The molecule has 1 atom stereocenters. The molecule has 1 fully saturated rings. The Morgan fingerprint density at radius 2 is 1.88 bits per heavy atom. The van der Waals surface area contributed by atoms with E-state index in [0.717, 1.165) is 10.0 Å². The van der Waals surface area contributed by atoms with E-state index >= 15 is 0 Å². The third-order valence-electron chi connectivity index (χ3n) is 3.70. The highest BCUT2D eigenvalue weighted by Gasteiger charge is 2.37. The Bertz CT molecular complexity index is 598. The van der Waals surface area contributed by atoms with Gasteiger partial charge in [0.15, 0.2) is 0 Å². The summed E-state index contributed by atoms with van der Waals surface area (Å²) >= 11 is 3.40. The highest BCUT2D eigenvalue weighted by atomic mass is 79.9. The molecule has 1 amide bonds. The maximum atomic E-state index is 12.2. The van der Waals surface area contributed by atoms with Gasteiger partial charge >= 0.3 is 12.1 Å². The SMILES string of the molecule is CC(C)(C)OC(=O)N1CCN(Cc2ccc(Br)cc2)C[C@H]1C(=O)O. The molecule has 0 unspecified atom stereocenters. The lowest BCUT2D eigenvalue weighted by atomic mass is 10.1. The number of nitrogens with zero attached hydrogens (tertiary/aromatic N) is 2. The first-order valence-corrected chi connectivity index (χ1v) is 8.64. The molecule has 2 rings (SSSR count). The van der Waals surface area contributed by atoms with Crippen LogP contribution in [0.4, 0.5) is 4.79 Å². The van der Waals surface area contributed by atoms with Crippen molar-refractivity contribution in [3.8, 4) is 0 Å². The molecule has 1 aromatic carbocycles. The number of benzene rings is 1. The molecule has 1 aliphatic heterocycles. The van der Waals surface area contributed by atoms with E-state index in [9.17, 15) is 14.7 Å². The average molecular weight is 399 g/mol. The van der Waals surface area contributed by atoms with Gasteiger partial charge in [-0.3, -0.25) is 9.80 Å². The van der Waals surface area contributed by atoms with Crippen LogP contribution in [0.2, 0.25) is 0 Å². The smallest absolute Gasteiger partial charge is 0.411 e. The van der Waals surface area contributed by atoms with E-state index in [2.05, 4.69) is 15.9 Å². The number of carboxylic acid groups (broad SMARTS) is 1. The number of hydrogen-bond donors (Lipinski definition) is 1. The fraction of sp³-hybridized carbons (Fsp3) is 0.529. The number of aliphatic carboxylic acids is 1. The Kier molecular flexibility index (Phi) is 5.87. The van der Waals surface area contributed by atoms with Crippen LogP contribution in [0.25, 0.3) is 0 Å². The monoisotopic (exact) mass is 398 g/mol. The van der Waals surface area contributed by atoms with E-state index in [4.69, 9.17) is 4.74 Å². The maximum absolute atomic E-state index is 12.2. The number of piperazine rings is 1. The second kappa shape index (κ2) is 7.53. The van der Waals surface area contributed by atoms with Crippen molar-refractivity contribution >= 4 is 28.0 Å². The molecule has 0 bridgehead atoms. The Hall–Kier alpha value is -1.60. The number of carbonyl (C=O) groups is 2. The van der Waals surface area contributed by atoms with Crippen molar-refractivity contribution in [1.82, 2.24) is 9.80 Å². The molecule has 0 radical (unpaired) electrons. The number of amides is 1. The molecule has 6 nitrogen and oxygen atoms in total. The van der Waals surface area contributed by atoms with E-state index < -0.39 is 23.7 Å². The van der Waals surface area contributed by atoms with Crippen molar-refractivity contribution in [3.05, 3.63) is 34.3 Å². The van der Waals surface area contributed by atoms with Gasteiger partial charge in [-0.1, -0.05) is 28.1 Å². The summed E-state index contributed by atoms with van der Waals surface area (Å²) in [5, 5.41) is 9.49. The van der Waals surface area contributed by atoms with Crippen molar-refractivity contribution in [1.29, 1.82) is 0 Å². The standard InChI is InChI=1S/C17H23BrN2O4/c1-17(2,3)24-16(23)20-9-8-19(11-14(20)15(21)22)10-12-4-6-13(18)7-5-12/h4-7,14H,8-11H2,1-3H3,(H,21,22)/t14-/m0/s1. The van der Waals surface area contributed by atoms with Gasteiger partial charge < -0.3 is 9.84 Å². The highest BCUT2D eigenvalue weighted by molar-refractivity contribution is 9.10. The summed E-state index contributed by atoms with van der Waals surface area (Å²) in [6.07, 6.45) is -0.571. The molecule has 1 heterocycles. The van der Waals surface area contributed by atoms with Gasteiger partial charge in [0.1, 0.15) is 11.6 Å². The lowest BCUT2D eigenvalue weighted by molar-refractivity contribution is -0.145. The highest BCUT2D eigenvalue weighted by Crippen LogP contribution is 2.18. The predicted molar refractivity (Wildman–Crippen MR) is 93.8 cm³/mol. The number of halogens is 1. The molecule has 1 aliphatic rings. The van der Waals surface area contributed by atoms with Crippen LogP contribution in [0.5, 0.6) is 0 Å². The van der Waals surface area contributed by atoms with Gasteiger partial charge in [-0.15, -0.1) is 0 Å². The first-order valence-electron chi connectivity index (χ1n) is 7.85. The van der Waals surface area contributed by atoms with E-state index in [1.165, 1.54) is 4.90 Å². The van der Waals surface area contributed by atoms with Gasteiger partial charge in [0.05, 0.1) is 0 Å². The normalized spacial score (nSPS) is 19.2. The van der Waals surface area contributed by atoms with E-state index in [-0.39, 0.29) is 6.54 Å². The van der Waals surface area contributed by atoms with Gasteiger partial charge in [0.2, 0.25) is 0 Å². The number of carboxylic acids is 1. The van der Waals surface area contributed by atoms with Crippen molar-refractivity contribution in [2.45, 2.75) is 39.0 Å². The minimum Gasteiger partial charge on any atom is -0.480 e. The Balaban J connectivity index is 2.03. The van der Waals surface area contributed by atoms with Crippen molar-refractivity contribution in [2.24, 2.45) is 0 Å². The van der Waals surface area contributed by atoms with Crippen LogP contribution in [0, 0.1) is 0 Å². The first-order chi connectivity index (χ1) is 11.2. The molecule has 132 valence electrons. The van der Waals surface area contributed by atoms with Gasteiger partial charge in [-0.25, -0.2) is 9.59 Å². The molecule has 1 aromatic rings. The average Bonchev–Trinajstić information content (AvgIpc) is 2.47. The summed E-state index contributed by atoms with van der Waals surface area (Å²) in [6, 6.07) is 7.02. The first kappa shape index (κ1) is 18.7. The molecule has 7 heteroatoms. The molecule has 1 saturated heterocycles. The minimum absolute atomic E-state index is 0.282. The van der Waals surface area contributed by atoms with Crippen LogP contribution >= 0.6 is 15.9 Å². The molecule has 0 aromatic heterocycles. The van der Waals surface area contributed by atoms with Crippen LogP contribution in [0.1, 0.15) is 26.3 Å². The summed E-state index contributed by atoms with van der Waals surface area (Å²) in [4.78, 5) is 27.2. The second-order valence-electron chi connectivity index (χ2n) is 6.89. The summed E-state index contributed by atoms with van der Waals surface area (Å²) in [6.45, 7) is 7.19. The Morgan fingerprint density at radius 1 is 1.25 bits per heavy atom. The number of carbonyl (C=O) groups excluding carboxylic acids is 1. The van der Waals surface area contributed by atoms with Crippen LogP contribution in [0.15, 0.2) is 28.7 Å². The largest absolute Gasteiger partial charge is 0.480 e. The van der Waals surface area contributed by atoms with Gasteiger partial charge in [-0.05, 0) is 38.5 Å².